The highest BCUT2D eigenvalue weighted by Gasteiger charge is 2.19. The topological polar surface area (TPSA) is 127 Å². The van der Waals surface area contributed by atoms with Gasteiger partial charge in [-0.25, -0.2) is 23.4 Å². The van der Waals surface area contributed by atoms with E-state index in [2.05, 4.69) is 25.3 Å². The Balaban J connectivity index is 0.00000387. The molecule has 1 fully saturated rings. The number of halogens is 1. The van der Waals surface area contributed by atoms with Crippen molar-refractivity contribution in [2.24, 2.45) is 0 Å². The highest BCUT2D eigenvalue weighted by molar-refractivity contribution is 7.92. The summed E-state index contributed by atoms with van der Waals surface area (Å²) in [5, 5.41) is 8.30. The third-order valence-corrected chi connectivity index (χ3v) is 8.25. The minimum absolute atomic E-state index is 0. The van der Waals surface area contributed by atoms with Crippen molar-refractivity contribution in [2.45, 2.75) is 39.2 Å². The Morgan fingerprint density at radius 2 is 1.98 bits per heavy atom. The molecule has 3 heterocycles. The van der Waals surface area contributed by atoms with Crippen molar-refractivity contribution in [1.29, 1.82) is 0 Å². The molecule has 0 amide bonds. The van der Waals surface area contributed by atoms with Crippen molar-refractivity contribution in [1.82, 2.24) is 20.3 Å². The van der Waals surface area contributed by atoms with E-state index in [1.54, 1.807) is 25.6 Å². The Bertz CT molecular complexity index is 1610. The Hall–Kier alpha value is -3.67. The highest BCUT2D eigenvalue weighted by atomic mass is 35.5. The van der Waals surface area contributed by atoms with E-state index in [9.17, 15) is 8.42 Å². The van der Waals surface area contributed by atoms with E-state index in [0.29, 0.717) is 46.7 Å². The second-order valence-corrected chi connectivity index (χ2v) is 11.7. The Morgan fingerprint density at radius 3 is 2.73 bits per heavy atom. The summed E-state index contributed by atoms with van der Waals surface area (Å²) >= 11 is 0. The van der Waals surface area contributed by atoms with Crippen molar-refractivity contribution in [3.05, 3.63) is 60.4 Å². The van der Waals surface area contributed by atoms with Crippen LogP contribution in [0, 0.1) is 6.92 Å². The summed E-state index contributed by atoms with van der Waals surface area (Å²) < 4.78 is 39.7. The standard InChI is InChI=1S/C29H34N6O4S.ClH/c1-4-15-40(36,37)35-26-9-5-8-23-22(26)11-10-19(2)27(23)39-28-24(16-21(38-3)18-32-28)25-12-14-31-29(34-25)33-20-7-6-13-30-17-20;/h5,8-12,14,16,18,20,30,35H,4,6-7,13,15,17H2,1-3H3,(H,31,33,34);1H/t20-;/m0./s1. The summed E-state index contributed by atoms with van der Waals surface area (Å²) in [6, 6.07) is 13.2. The average Bonchev–Trinajstić information content (AvgIpc) is 2.95. The molecule has 10 nitrogen and oxygen atoms in total. The number of piperidine rings is 1. The van der Waals surface area contributed by atoms with Crippen molar-refractivity contribution in [3.8, 4) is 28.6 Å². The van der Waals surface area contributed by atoms with E-state index < -0.39 is 10.0 Å². The van der Waals surface area contributed by atoms with Gasteiger partial charge in [-0.3, -0.25) is 4.72 Å². The number of methoxy groups -OCH3 is 1. The molecule has 0 aliphatic carbocycles. The number of hydrogen-bond acceptors (Lipinski definition) is 9. The normalized spacial score (nSPS) is 15.1. The van der Waals surface area contributed by atoms with Gasteiger partial charge >= 0.3 is 0 Å². The number of anilines is 2. The molecular formula is C29H35ClN6O4S. The molecule has 2 aromatic carbocycles. The summed E-state index contributed by atoms with van der Waals surface area (Å²) in [4.78, 5) is 13.8. The van der Waals surface area contributed by atoms with Gasteiger partial charge in [0.25, 0.3) is 0 Å². The largest absolute Gasteiger partial charge is 0.495 e. The van der Waals surface area contributed by atoms with Gasteiger partial charge in [-0.05, 0) is 56.5 Å². The fourth-order valence-corrected chi connectivity index (χ4v) is 5.95. The van der Waals surface area contributed by atoms with Gasteiger partial charge in [-0.15, -0.1) is 12.4 Å². The van der Waals surface area contributed by atoms with Crippen LogP contribution in [0.25, 0.3) is 22.0 Å². The smallest absolute Gasteiger partial charge is 0.232 e. The van der Waals surface area contributed by atoms with Crippen LogP contribution in [0.15, 0.2) is 54.9 Å². The van der Waals surface area contributed by atoms with Crippen LogP contribution in [0.1, 0.15) is 31.7 Å². The first-order valence-corrected chi connectivity index (χ1v) is 15.1. The number of aryl methyl sites for hydroxylation is 1. The summed E-state index contributed by atoms with van der Waals surface area (Å²) in [6.07, 6.45) is 5.98. The molecule has 12 heteroatoms. The fraction of sp³-hybridized carbons (Fsp3) is 0.345. The summed E-state index contributed by atoms with van der Waals surface area (Å²) in [5.74, 6) is 2.07. The molecule has 3 N–H and O–H groups in total. The number of nitrogens with one attached hydrogen (secondary N) is 3. The summed E-state index contributed by atoms with van der Waals surface area (Å²) in [5.41, 5.74) is 2.65. The van der Waals surface area contributed by atoms with E-state index in [1.807, 2.05) is 50.2 Å². The predicted octanol–water partition coefficient (Wildman–Crippen LogP) is 5.54. The van der Waals surface area contributed by atoms with E-state index >= 15 is 0 Å². The number of hydrogen-bond donors (Lipinski definition) is 3. The van der Waals surface area contributed by atoms with Gasteiger partial charge in [0.05, 0.1) is 36.0 Å². The third-order valence-electron chi connectivity index (χ3n) is 6.77. The number of nitrogens with zero attached hydrogens (tertiary/aromatic N) is 3. The van der Waals surface area contributed by atoms with Gasteiger partial charge in [0.2, 0.25) is 21.9 Å². The maximum absolute atomic E-state index is 12.5. The first kappa shape index (κ1) is 30.3. The lowest BCUT2D eigenvalue weighted by atomic mass is 10.0. The molecule has 1 aliphatic heterocycles. The maximum Gasteiger partial charge on any atom is 0.232 e. The lowest BCUT2D eigenvalue weighted by molar-refractivity contribution is 0.408. The minimum Gasteiger partial charge on any atom is -0.495 e. The van der Waals surface area contributed by atoms with Crippen LogP contribution in [-0.4, -0.2) is 55.4 Å². The van der Waals surface area contributed by atoms with Gasteiger partial charge in [0.15, 0.2) is 0 Å². The summed E-state index contributed by atoms with van der Waals surface area (Å²) in [6.45, 7) is 5.66. The second kappa shape index (κ2) is 13.3. The lowest BCUT2D eigenvalue weighted by Crippen LogP contribution is -2.38. The Morgan fingerprint density at radius 1 is 1.12 bits per heavy atom. The number of fused-ring (bicyclic) bond motifs is 1. The average molecular weight is 599 g/mol. The number of ether oxygens (including phenoxy) is 2. The molecular weight excluding hydrogens is 564 g/mol. The molecule has 41 heavy (non-hydrogen) atoms. The molecule has 1 aliphatic rings. The molecule has 0 unspecified atom stereocenters. The van der Waals surface area contributed by atoms with Gasteiger partial charge < -0.3 is 20.1 Å². The van der Waals surface area contributed by atoms with Gasteiger partial charge in [-0.1, -0.05) is 31.2 Å². The predicted molar refractivity (Wildman–Crippen MR) is 165 cm³/mol. The molecule has 1 saturated heterocycles. The summed E-state index contributed by atoms with van der Waals surface area (Å²) in [7, 11) is -1.88. The lowest BCUT2D eigenvalue weighted by Gasteiger charge is -2.23. The molecule has 218 valence electrons. The maximum atomic E-state index is 12.5. The number of rotatable bonds is 10. The quantitative estimate of drug-likeness (QED) is 0.216. The number of pyridine rings is 1. The SMILES string of the molecule is CCCS(=O)(=O)Nc1cccc2c(Oc3ncc(OC)cc3-c3ccnc(N[C@H]4CCCNC4)n3)c(C)ccc12.Cl. The van der Waals surface area contributed by atoms with Crippen LogP contribution in [0.5, 0.6) is 17.4 Å². The number of sulfonamides is 1. The molecule has 1 atom stereocenters. The number of aromatic nitrogens is 3. The van der Waals surface area contributed by atoms with Gasteiger partial charge in [-0.2, -0.15) is 0 Å². The number of benzene rings is 2. The van der Waals surface area contributed by atoms with Crippen molar-refractivity contribution < 1.29 is 17.9 Å². The molecule has 0 bridgehead atoms. The Labute approximate surface area is 246 Å². The second-order valence-electron chi connectivity index (χ2n) is 9.82. The van der Waals surface area contributed by atoms with Gasteiger partial charge in [0.1, 0.15) is 11.5 Å². The first-order chi connectivity index (χ1) is 19.4. The molecule has 4 aromatic rings. The van der Waals surface area contributed by atoms with Crippen molar-refractivity contribution in [3.63, 3.8) is 0 Å². The minimum atomic E-state index is -3.46. The van der Waals surface area contributed by atoms with E-state index in [4.69, 9.17) is 14.5 Å². The van der Waals surface area contributed by atoms with Crippen LogP contribution in [-0.2, 0) is 10.0 Å². The van der Waals surface area contributed by atoms with Gasteiger partial charge in [0, 0.05) is 29.6 Å². The molecule has 0 radical (unpaired) electrons. The monoisotopic (exact) mass is 598 g/mol. The van der Waals surface area contributed by atoms with E-state index in [-0.39, 0.29) is 24.2 Å². The van der Waals surface area contributed by atoms with Crippen LogP contribution in [0.4, 0.5) is 11.6 Å². The van der Waals surface area contributed by atoms with Crippen molar-refractivity contribution in [2.75, 3.05) is 36.0 Å². The Kier molecular flexibility index (Phi) is 9.85. The van der Waals surface area contributed by atoms with Crippen molar-refractivity contribution >= 4 is 44.8 Å². The van der Waals surface area contributed by atoms with Crippen LogP contribution < -0.4 is 24.8 Å². The highest BCUT2D eigenvalue weighted by Crippen LogP contribution is 2.39. The zero-order valence-corrected chi connectivity index (χ0v) is 24.9. The van der Waals surface area contributed by atoms with E-state index in [0.717, 1.165) is 42.3 Å². The molecule has 0 spiro atoms. The van der Waals surface area contributed by atoms with Crippen LogP contribution >= 0.6 is 12.4 Å². The molecule has 2 aromatic heterocycles. The zero-order chi connectivity index (χ0) is 28.1. The first-order valence-electron chi connectivity index (χ1n) is 13.4. The fourth-order valence-electron chi connectivity index (χ4n) is 4.79. The zero-order valence-electron chi connectivity index (χ0n) is 23.3. The van der Waals surface area contributed by atoms with Crippen LogP contribution in [0.2, 0.25) is 0 Å². The van der Waals surface area contributed by atoms with Crippen LogP contribution in [0.3, 0.4) is 0 Å². The molecule has 0 saturated carbocycles. The molecule has 5 rings (SSSR count). The third kappa shape index (κ3) is 7.16. The van der Waals surface area contributed by atoms with E-state index in [1.165, 1.54) is 0 Å².